The summed E-state index contributed by atoms with van der Waals surface area (Å²) in [6.07, 6.45) is 6.79. The van der Waals surface area contributed by atoms with Gasteiger partial charge in [-0.25, -0.2) is 0 Å². The molecule has 2 aliphatic carbocycles. The lowest BCUT2D eigenvalue weighted by molar-refractivity contribution is -0.148. The van der Waals surface area contributed by atoms with E-state index in [0.29, 0.717) is 11.8 Å². The molecule has 0 aromatic heterocycles. The molecular formula is C24H32ClNO3. The molecule has 0 bridgehead atoms. The Labute approximate surface area is 179 Å². The first-order valence-corrected chi connectivity index (χ1v) is 10.9. The number of rotatable bonds is 6. The van der Waals surface area contributed by atoms with Gasteiger partial charge in [0, 0.05) is 24.4 Å². The molecule has 0 spiro atoms. The molecule has 0 heterocycles. The van der Waals surface area contributed by atoms with E-state index in [1.807, 2.05) is 31.2 Å². The van der Waals surface area contributed by atoms with Gasteiger partial charge in [0.05, 0.1) is 12.0 Å². The fourth-order valence-electron chi connectivity index (χ4n) is 4.84. The lowest BCUT2D eigenvalue weighted by Gasteiger charge is -2.52. The zero-order valence-corrected chi connectivity index (χ0v) is 18.5. The summed E-state index contributed by atoms with van der Waals surface area (Å²) in [5, 5.41) is 15.8. The molecule has 2 aliphatic rings. The topological polar surface area (TPSA) is 58.6 Å². The molecule has 1 aromatic carbocycles. The summed E-state index contributed by atoms with van der Waals surface area (Å²) < 4.78 is 5.38. The largest absolute Gasteiger partial charge is 0.457 e. The van der Waals surface area contributed by atoms with Crippen LogP contribution in [0.3, 0.4) is 0 Å². The Morgan fingerprint density at radius 3 is 2.83 bits per heavy atom. The summed E-state index contributed by atoms with van der Waals surface area (Å²) in [4.78, 5) is 11.4. The highest BCUT2D eigenvalue weighted by atomic mass is 35.5. The van der Waals surface area contributed by atoms with E-state index in [1.165, 1.54) is 6.92 Å². The van der Waals surface area contributed by atoms with Crippen molar-refractivity contribution in [1.82, 2.24) is 5.32 Å². The van der Waals surface area contributed by atoms with Gasteiger partial charge in [0.25, 0.3) is 0 Å². The summed E-state index contributed by atoms with van der Waals surface area (Å²) >= 11 is 6.25. The molecule has 2 N–H and O–H groups in total. The van der Waals surface area contributed by atoms with Gasteiger partial charge in [-0.2, -0.15) is 0 Å². The lowest BCUT2D eigenvalue weighted by atomic mass is 9.57. The highest BCUT2D eigenvalue weighted by Gasteiger charge is 2.53. The van der Waals surface area contributed by atoms with E-state index >= 15 is 0 Å². The molecule has 3 rings (SSSR count). The van der Waals surface area contributed by atoms with Crippen molar-refractivity contribution in [2.45, 2.75) is 58.8 Å². The Kier molecular flexibility index (Phi) is 7.08. The third kappa shape index (κ3) is 4.87. The van der Waals surface area contributed by atoms with Crippen LogP contribution in [0.4, 0.5) is 0 Å². The Bertz CT molecular complexity index is 764. The third-order valence-electron chi connectivity index (χ3n) is 6.63. The van der Waals surface area contributed by atoms with Gasteiger partial charge < -0.3 is 15.2 Å². The van der Waals surface area contributed by atoms with Gasteiger partial charge in [-0.1, -0.05) is 49.7 Å². The summed E-state index contributed by atoms with van der Waals surface area (Å²) in [7, 11) is 0. The number of benzene rings is 1. The highest BCUT2D eigenvalue weighted by Crippen LogP contribution is 2.50. The van der Waals surface area contributed by atoms with Crippen molar-refractivity contribution in [3.8, 4) is 0 Å². The van der Waals surface area contributed by atoms with Crippen LogP contribution in [0.1, 0.15) is 46.1 Å². The average molecular weight is 418 g/mol. The number of carbonyl (C=O) groups is 1. The summed E-state index contributed by atoms with van der Waals surface area (Å²) in [6.45, 7) is 9.22. The van der Waals surface area contributed by atoms with Crippen LogP contribution in [-0.4, -0.2) is 29.3 Å². The molecular weight excluding hydrogens is 386 g/mol. The second-order valence-electron chi connectivity index (χ2n) is 8.74. The molecule has 0 saturated heterocycles. The minimum Gasteiger partial charge on any atom is -0.457 e. The zero-order valence-electron chi connectivity index (χ0n) is 17.7. The first kappa shape index (κ1) is 22.3. The monoisotopic (exact) mass is 417 g/mol. The number of esters is 1. The number of carbonyl (C=O) groups excluding carboxylic acids is 1. The Balaban J connectivity index is 1.70. The van der Waals surface area contributed by atoms with E-state index in [0.717, 1.165) is 42.1 Å². The first-order valence-electron chi connectivity index (χ1n) is 10.5. The van der Waals surface area contributed by atoms with Gasteiger partial charge in [-0.15, -0.1) is 0 Å². The maximum atomic E-state index is 11.5. The summed E-state index contributed by atoms with van der Waals surface area (Å²) in [5.74, 6) is 0.410. The van der Waals surface area contributed by atoms with E-state index < -0.39 is 11.7 Å². The van der Waals surface area contributed by atoms with Gasteiger partial charge in [-0.3, -0.25) is 4.79 Å². The van der Waals surface area contributed by atoms with Crippen LogP contribution in [0.5, 0.6) is 0 Å². The maximum absolute atomic E-state index is 11.5. The van der Waals surface area contributed by atoms with Gasteiger partial charge in [0.15, 0.2) is 0 Å². The minimum atomic E-state index is -1.07. The molecule has 5 heteroatoms. The molecule has 4 nitrogen and oxygen atoms in total. The fourth-order valence-corrected chi connectivity index (χ4v) is 5.04. The van der Waals surface area contributed by atoms with E-state index in [-0.39, 0.29) is 17.8 Å². The maximum Gasteiger partial charge on any atom is 0.303 e. The molecule has 0 aliphatic heterocycles. The number of aliphatic hydroxyl groups is 1. The Morgan fingerprint density at radius 2 is 2.14 bits per heavy atom. The van der Waals surface area contributed by atoms with Gasteiger partial charge in [0.2, 0.25) is 0 Å². The molecule has 0 amide bonds. The Hall–Kier alpha value is -1.36. The number of halogens is 1. The normalized spacial score (nSPS) is 32.8. The van der Waals surface area contributed by atoms with E-state index in [2.05, 4.69) is 31.7 Å². The molecule has 29 heavy (non-hydrogen) atoms. The second-order valence-corrected chi connectivity index (χ2v) is 9.14. The van der Waals surface area contributed by atoms with Crippen molar-refractivity contribution in [3.05, 3.63) is 52.9 Å². The Morgan fingerprint density at radius 1 is 1.41 bits per heavy atom. The van der Waals surface area contributed by atoms with Crippen molar-refractivity contribution in [2.75, 3.05) is 6.54 Å². The molecule has 1 aromatic rings. The third-order valence-corrected chi connectivity index (χ3v) is 7.00. The van der Waals surface area contributed by atoms with Crippen molar-refractivity contribution < 1.29 is 14.6 Å². The lowest BCUT2D eigenvalue weighted by Crippen LogP contribution is -2.56. The SMILES string of the molecule is CC(=O)O[C@@H]1[C][C@@]2(O)[C@H](C)CC[C@@H]([C@H](C)CNCc3ccccc3Cl)[C@H]2C=C1C. The van der Waals surface area contributed by atoms with Crippen LogP contribution in [0.25, 0.3) is 0 Å². The number of hydrogen-bond donors (Lipinski definition) is 2. The van der Waals surface area contributed by atoms with Crippen molar-refractivity contribution >= 4 is 17.6 Å². The molecule has 158 valence electrons. The van der Waals surface area contributed by atoms with Crippen LogP contribution in [0, 0.1) is 30.1 Å². The van der Waals surface area contributed by atoms with Gasteiger partial charge in [0.1, 0.15) is 6.10 Å². The van der Waals surface area contributed by atoms with Crippen LogP contribution in [0.2, 0.25) is 5.02 Å². The number of fused-ring (bicyclic) bond motifs is 1. The van der Waals surface area contributed by atoms with E-state index in [4.69, 9.17) is 16.3 Å². The van der Waals surface area contributed by atoms with Crippen LogP contribution in [0.15, 0.2) is 35.9 Å². The first-order chi connectivity index (χ1) is 13.7. The summed E-state index contributed by atoms with van der Waals surface area (Å²) in [6, 6.07) is 7.88. The minimum absolute atomic E-state index is 0.0184. The van der Waals surface area contributed by atoms with E-state index in [9.17, 15) is 9.90 Å². The molecule has 0 unspecified atom stereocenters. The van der Waals surface area contributed by atoms with Crippen LogP contribution >= 0.6 is 11.6 Å². The number of hydrogen-bond acceptors (Lipinski definition) is 4. The standard InChI is InChI=1S/C24H32ClNO3/c1-15-11-21-20(16(2)13-26-14-19-7-5-6-8-22(19)25)10-9-17(3)24(21,28)12-23(15)29-18(4)27/h5-8,11,16-17,20-21,23,26,28H,9-10,13-14H2,1-4H3/t16-,17-,20+,21-,23-,24-/m1/s1. The molecule has 1 saturated carbocycles. The number of ether oxygens (including phenoxy) is 1. The quantitative estimate of drug-likeness (QED) is 0.531. The average Bonchev–Trinajstić information content (AvgIpc) is 2.65. The van der Waals surface area contributed by atoms with Gasteiger partial charge >= 0.3 is 5.97 Å². The fraction of sp³-hybridized carbons (Fsp3) is 0.583. The van der Waals surface area contributed by atoms with E-state index in [1.54, 1.807) is 0 Å². The van der Waals surface area contributed by atoms with Crippen LogP contribution in [-0.2, 0) is 16.1 Å². The predicted octanol–water partition coefficient (Wildman–Crippen LogP) is 4.43. The van der Waals surface area contributed by atoms with Gasteiger partial charge in [-0.05, 0) is 61.3 Å². The molecule has 1 fully saturated rings. The molecule has 2 radical (unpaired) electrons. The van der Waals surface area contributed by atoms with Crippen molar-refractivity contribution in [2.24, 2.45) is 23.7 Å². The zero-order chi connectivity index (χ0) is 21.2. The van der Waals surface area contributed by atoms with Crippen molar-refractivity contribution in [3.63, 3.8) is 0 Å². The second kappa shape index (κ2) is 9.20. The summed E-state index contributed by atoms with van der Waals surface area (Å²) in [5.41, 5.74) is 0.971. The predicted molar refractivity (Wildman–Crippen MR) is 115 cm³/mol. The smallest absolute Gasteiger partial charge is 0.303 e. The van der Waals surface area contributed by atoms with Crippen molar-refractivity contribution in [1.29, 1.82) is 0 Å². The van der Waals surface area contributed by atoms with Crippen LogP contribution < -0.4 is 5.32 Å². The highest BCUT2D eigenvalue weighted by molar-refractivity contribution is 6.31. The number of nitrogens with one attached hydrogen (secondary N) is 1. The molecule has 6 atom stereocenters.